The van der Waals surface area contributed by atoms with Gasteiger partial charge >= 0.3 is 0 Å². The van der Waals surface area contributed by atoms with Crippen molar-refractivity contribution < 1.29 is 0 Å². The Bertz CT molecular complexity index is 3570. The van der Waals surface area contributed by atoms with E-state index in [0.717, 1.165) is 28.3 Å². The summed E-state index contributed by atoms with van der Waals surface area (Å²) in [5.74, 6) is 0. The van der Waals surface area contributed by atoms with Crippen molar-refractivity contribution in [2.75, 3.05) is 4.90 Å². The number of rotatable bonds is 10. The van der Waals surface area contributed by atoms with E-state index < -0.39 is 5.41 Å². The van der Waals surface area contributed by atoms with Crippen molar-refractivity contribution in [3.8, 4) is 27.9 Å². The first-order valence-corrected chi connectivity index (χ1v) is 23.1. The molecule has 0 aliphatic heterocycles. The molecule has 0 saturated heterocycles. The Morgan fingerprint density at radius 2 is 0.761 bits per heavy atom. The van der Waals surface area contributed by atoms with Crippen molar-refractivity contribution in [2.24, 2.45) is 0 Å². The van der Waals surface area contributed by atoms with Gasteiger partial charge in [0.25, 0.3) is 0 Å². The predicted molar refractivity (Wildman–Crippen MR) is 282 cm³/mol. The highest BCUT2D eigenvalue weighted by atomic mass is 15.1. The second-order valence-electron chi connectivity index (χ2n) is 17.3. The van der Waals surface area contributed by atoms with Gasteiger partial charge in [0.05, 0.1) is 16.4 Å². The van der Waals surface area contributed by atoms with Crippen molar-refractivity contribution in [3.05, 3.63) is 301 Å². The van der Waals surface area contributed by atoms with Crippen molar-refractivity contribution >= 4 is 49.6 Å². The number of anilines is 3. The molecule has 0 bridgehead atoms. The summed E-state index contributed by atoms with van der Waals surface area (Å²) in [6.45, 7) is 0. The number of para-hydroxylation sites is 2. The van der Waals surface area contributed by atoms with E-state index in [0.29, 0.717) is 0 Å². The average molecular weight is 855 g/mol. The summed E-state index contributed by atoms with van der Waals surface area (Å²) in [5.41, 5.74) is 15.8. The molecule has 0 spiro atoms. The molecule has 0 unspecified atom stereocenters. The van der Waals surface area contributed by atoms with E-state index >= 15 is 0 Å². The van der Waals surface area contributed by atoms with Crippen molar-refractivity contribution in [3.63, 3.8) is 0 Å². The van der Waals surface area contributed by atoms with E-state index in [1.165, 1.54) is 71.5 Å². The molecule has 0 radical (unpaired) electrons. The van der Waals surface area contributed by atoms with Crippen LogP contribution in [0.25, 0.3) is 60.5 Å². The van der Waals surface area contributed by atoms with Gasteiger partial charge in [-0.15, -0.1) is 0 Å². The van der Waals surface area contributed by atoms with Crippen LogP contribution in [0.3, 0.4) is 0 Å². The van der Waals surface area contributed by atoms with Crippen LogP contribution < -0.4 is 4.90 Å². The molecule has 0 atom stereocenters. The fraction of sp³-hybridized carbons (Fsp3) is 0.0154. The zero-order valence-corrected chi connectivity index (χ0v) is 37.0. The number of benzene rings is 11. The highest BCUT2D eigenvalue weighted by Gasteiger charge is 2.38. The van der Waals surface area contributed by atoms with Gasteiger partial charge in [-0.2, -0.15) is 0 Å². The lowest BCUT2D eigenvalue weighted by molar-refractivity contribution is 0.745. The Labute approximate surface area is 391 Å². The number of hydrogen-bond donors (Lipinski definition) is 0. The molecule has 0 N–H and O–H groups in total. The molecule has 2 heteroatoms. The van der Waals surface area contributed by atoms with E-state index in [2.05, 4.69) is 289 Å². The first-order chi connectivity index (χ1) is 33.2. The van der Waals surface area contributed by atoms with Crippen LogP contribution in [0.1, 0.15) is 22.3 Å². The molecule has 316 valence electrons. The monoisotopic (exact) mass is 854 g/mol. The normalized spacial score (nSPS) is 11.6. The van der Waals surface area contributed by atoms with Crippen molar-refractivity contribution in [1.29, 1.82) is 0 Å². The van der Waals surface area contributed by atoms with Gasteiger partial charge in [0.15, 0.2) is 0 Å². The molecule has 0 aliphatic carbocycles. The number of aromatic nitrogens is 1. The maximum Gasteiger partial charge on any atom is 0.0701 e. The molecule has 0 amide bonds. The fourth-order valence-electron chi connectivity index (χ4n) is 10.5. The molecular formula is C65H46N2. The van der Waals surface area contributed by atoms with Crippen LogP contribution in [-0.4, -0.2) is 4.57 Å². The minimum atomic E-state index is -0.552. The molecular weight excluding hydrogens is 809 g/mol. The Morgan fingerprint density at radius 1 is 0.284 bits per heavy atom. The van der Waals surface area contributed by atoms with E-state index in [9.17, 15) is 0 Å². The summed E-state index contributed by atoms with van der Waals surface area (Å²) >= 11 is 0. The minimum Gasteiger partial charge on any atom is -0.310 e. The molecule has 67 heavy (non-hydrogen) atoms. The first kappa shape index (κ1) is 39.8. The number of nitrogens with zero attached hydrogens (tertiary/aromatic N) is 2. The summed E-state index contributed by atoms with van der Waals surface area (Å²) < 4.78 is 2.38. The topological polar surface area (TPSA) is 8.17 Å². The van der Waals surface area contributed by atoms with Gasteiger partial charge in [-0.3, -0.25) is 0 Å². The van der Waals surface area contributed by atoms with Crippen LogP contribution in [-0.2, 0) is 5.41 Å². The van der Waals surface area contributed by atoms with E-state index in [1.54, 1.807) is 0 Å². The van der Waals surface area contributed by atoms with Crippen LogP contribution in [0.4, 0.5) is 17.1 Å². The number of fused-ring (bicyclic) bond motifs is 4. The zero-order chi connectivity index (χ0) is 44.6. The summed E-state index contributed by atoms with van der Waals surface area (Å²) in [5, 5.41) is 4.94. The summed E-state index contributed by atoms with van der Waals surface area (Å²) in [7, 11) is 0. The Balaban J connectivity index is 1.03. The predicted octanol–water partition coefficient (Wildman–Crippen LogP) is 17.1. The van der Waals surface area contributed by atoms with E-state index in [1.807, 2.05) is 0 Å². The summed E-state index contributed by atoms with van der Waals surface area (Å²) in [6.07, 6.45) is 0. The third-order valence-electron chi connectivity index (χ3n) is 13.5. The van der Waals surface area contributed by atoms with Gasteiger partial charge in [0.2, 0.25) is 0 Å². The lowest BCUT2D eigenvalue weighted by atomic mass is 9.65. The van der Waals surface area contributed by atoms with Gasteiger partial charge in [0, 0.05) is 33.5 Å². The molecule has 2 nitrogen and oxygen atoms in total. The molecule has 12 rings (SSSR count). The third kappa shape index (κ3) is 6.99. The molecule has 0 saturated carbocycles. The van der Waals surface area contributed by atoms with Crippen LogP contribution in [0.2, 0.25) is 0 Å². The van der Waals surface area contributed by atoms with E-state index in [4.69, 9.17) is 0 Å². The number of hydrogen-bond acceptors (Lipinski definition) is 1. The maximum atomic E-state index is 2.41. The molecule has 12 aromatic rings. The molecule has 0 aliphatic rings. The highest BCUT2D eigenvalue weighted by molar-refractivity contribution is 6.10. The Hall–Kier alpha value is -8.72. The van der Waals surface area contributed by atoms with Crippen LogP contribution in [0.5, 0.6) is 0 Å². The van der Waals surface area contributed by atoms with Gasteiger partial charge in [-0.1, -0.05) is 212 Å². The van der Waals surface area contributed by atoms with Gasteiger partial charge in [-0.05, 0) is 122 Å². The van der Waals surface area contributed by atoms with E-state index in [-0.39, 0.29) is 0 Å². The first-order valence-electron chi connectivity index (χ1n) is 23.1. The zero-order valence-electron chi connectivity index (χ0n) is 37.0. The smallest absolute Gasteiger partial charge is 0.0701 e. The van der Waals surface area contributed by atoms with Gasteiger partial charge in [-0.25, -0.2) is 0 Å². The lowest BCUT2D eigenvalue weighted by Crippen LogP contribution is -2.31. The minimum absolute atomic E-state index is 0.552. The maximum absolute atomic E-state index is 2.41. The van der Waals surface area contributed by atoms with Gasteiger partial charge < -0.3 is 9.47 Å². The van der Waals surface area contributed by atoms with Crippen LogP contribution in [0, 0.1) is 0 Å². The third-order valence-corrected chi connectivity index (χ3v) is 13.5. The SMILES string of the molecule is c1ccc(-n2c3ccccc3c3cc(-c4cccc(N(c5ccc(C(c6ccccc6)(c6ccccc6)c6ccccc6)cc5)c5cccc(-c6cccc7ccccc67)c5)c4)ccc32)cc1. The summed E-state index contributed by atoms with van der Waals surface area (Å²) in [6, 6.07) is 102. The van der Waals surface area contributed by atoms with Crippen LogP contribution >= 0.6 is 0 Å². The fourth-order valence-corrected chi connectivity index (χ4v) is 10.5. The second kappa shape index (κ2) is 17.0. The second-order valence-corrected chi connectivity index (χ2v) is 17.3. The molecule has 1 aromatic heterocycles. The molecule has 11 aromatic carbocycles. The summed E-state index contributed by atoms with van der Waals surface area (Å²) in [4.78, 5) is 2.41. The Morgan fingerprint density at radius 3 is 1.42 bits per heavy atom. The molecule has 0 fully saturated rings. The van der Waals surface area contributed by atoms with Gasteiger partial charge in [0.1, 0.15) is 0 Å². The van der Waals surface area contributed by atoms with Crippen LogP contribution in [0.15, 0.2) is 279 Å². The van der Waals surface area contributed by atoms with Crippen molar-refractivity contribution in [1.82, 2.24) is 4.57 Å². The van der Waals surface area contributed by atoms with Crippen molar-refractivity contribution in [2.45, 2.75) is 5.41 Å². The molecule has 1 heterocycles. The standard InChI is InChI=1S/C65H46N2/c1-5-24-51(25-6-1)65(52-26-7-2-8-27-52,53-28-9-3-10-29-53)54-39-41-56(42-40-54)66(58-33-18-23-50(45-58)60-36-19-21-47-20-13-14-34-59(47)60)57-32-17-22-48(44-57)49-38-43-64-62(46-49)61-35-15-16-37-63(61)67(64)55-30-11-4-12-31-55/h1-46H. The highest BCUT2D eigenvalue weighted by Crippen LogP contribution is 2.47. The largest absolute Gasteiger partial charge is 0.310 e. The lowest BCUT2D eigenvalue weighted by Gasteiger charge is -2.37. The average Bonchev–Trinajstić information content (AvgIpc) is 3.74. The Kier molecular flexibility index (Phi) is 10.1. The quantitative estimate of drug-likeness (QED) is 0.124.